The molecule has 4 heteroatoms. The molecule has 1 rings (SSSR count). The molecule has 0 saturated heterocycles. The molecule has 0 aromatic heterocycles. The van der Waals surface area contributed by atoms with Gasteiger partial charge in [0.1, 0.15) is 0 Å². The fraction of sp³-hybridized carbons (Fsp3) is 0.500. The van der Waals surface area contributed by atoms with Crippen LogP contribution < -0.4 is 15.2 Å². The Morgan fingerprint density at radius 3 is 2.38 bits per heavy atom. The zero-order chi connectivity index (χ0) is 12.2. The Hall–Kier alpha value is -1.26. The molecule has 0 aliphatic rings. The summed E-state index contributed by atoms with van der Waals surface area (Å²) in [5, 5.41) is 9.87. The van der Waals surface area contributed by atoms with Gasteiger partial charge in [-0.15, -0.1) is 0 Å². The summed E-state index contributed by atoms with van der Waals surface area (Å²) >= 11 is 0. The summed E-state index contributed by atoms with van der Waals surface area (Å²) in [5.41, 5.74) is 5.55. The molecule has 1 aromatic rings. The maximum absolute atomic E-state index is 9.87. The molecule has 4 nitrogen and oxygen atoms in total. The summed E-state index contributed by atoms with van der Waals surface area (Å²) in [7, 11) is 3.18. The van der Waals surface area contributed by atoms with Gasteiger partial charge in [0.2, 0.25) is 0 Å². The van der Waals surface area contributed by atoms with Crippen molar-refractivity contribution in [3.63, 3.8) is 0 Å². The average molecular weight is 225 g/mol. The van der Waals surface area contributed by atoms with Crippen LogP contribution in [-0.2, 0) is 6.42 Å². The molecule has 0 spiro atoms. The molecular formula is C12H19NO3. The zero-order valence-electron chi connectivity index (χ0n) is 9.99. The average Bonchev–Trinajstić information content (AvgIpc) is 2.28. The van der Waals surface area contributed by atoms with Crippen molar-refractivity contribution in [1.82, 2.24) is 0 Å². The van der Waals surface area contributed by atoms with Gasteiger partial charge in [-0.1, -0.05) is 6.07 Å². The highest BCUT2D eigenvalue weighted by molar-refractivity contribution is 5.43. The van der Waals surface area contributed by atoms with E-state index in [0.717, 1.165) is 5.56 Å². The second-order valence-corrected chi connectivity index (χ2v) is 4.07. The van der Waals surface area contributed by atoms with Gasteiger partial charge in [-0.3, -0.25) is 0 Å². The lowest BCUT2D eigenvalue weighted by Gasteiger charge is -2.21. The first-order chi connectivity index (χ1) is 7.52. The Morgan fingerprint density at radius 2 is 1.88 bits per heavy atom. The van der Waals surface area contributed by atoms with Crippen molar-refractivity contribution in [3.05, 3.63) is 23.8 Å². The lowest BCUT2D eigenvalue weighted by Crippen LogP contribution is -2.36. The van der Waals surface area contributed by atoms with Crippen LogP contribution in [0.2, 0.25) is 0 Å². The van der Waals surface area contributed by atoms with Crippen LogP contribution in [0.4, 0.5) is 0 Å². The quantitative estimate of drug-likeness (QED) is 0.783. The minimum atomic E-state index is -0.889. The number of benzene rings is 1. The van der Waals surface area contributed by atoms with Crippen LogP contribution in [0.15, 0.2) is 18.2 Å². The van der Waals surface area contributed by atoms with Crippen LogP contribution in [0.25, 0.3) is 0 Å². The molecule has 0 aliphatic carbocycles. The Morgan fingerprint density at radius 1 is 1.25 bits per heavy atom. The van der Waals surface area contributed by atoms with Gasteiger partial charge in [0, 0.05) is 13.0 Å². The van der Waals surface area contributed by atoms with Gasteiger partial charge in [0.25, 0.3) is 0 Å². The highest BCUT2D eigenvalue weighted by atomic mass is 16.5. The highest BCUT2D eigenvalue weighted by Gasteiger charge is 2.19. The first-order valence-electron chi connectivity index (χ1n) is 5.16. The van der Waals surface area contributed by atoms with Crippen molar-refractivity contribution in [2.24, 2.45) is 5.73 Å². The number of ether oxygens (including phenoxy) is 2. The lowest BCUT2D eigenvalue weighted by atomic mass is 9.96. The van der Waals surface area contributed by atoms with Gasteiger partial charge in [0.15, 0.2) is 11.5 Å². The number of hydrogen-bond acceptors (Lipinski definition) is 4. The van der Waals surface area contributed by atoms with E-state index in [9.17, 15) is 5.11 Å². The topological polar surface area (TPSA) is 64.7 Å². The highest BCUT2D eigenvalue weighted by Crippen LogP contribution is 2.28. The van der Waals surface area contributed by atoms with E-state index in [1.165, 1.54) is 0 Å². The van der Waals surface area contributed by atoms with E-state index in [-0.39, 0.29) is 6.54 Å². The van der Waals surface area contributed by atoms with Crippen molar-refractivity contribution < 1.29 is 14.6 Å². The van der Waals surface area contributed by atoms with E-state index in [4.69, 9.17) is 15.2 Å². The van der Waals surface area contributed by atoms with Gasteiger partial charge in [-0.25, -0.2) is 0 Å². The molecule has 16 heavy (non-hydrogen) atoms. The summed E-state index contributed by atoms with van der Waals surface area (Å²) in [6, 6.07) is 5.56. The van der Waals surface area contributed by atoms with Gasteiger partial charge in [0.05, 0.1) is 19.8 Å². The summed E-state index contributed by atoms with van der Waals surface area (Å²) in [6.07, 6.45) is 0.490. The predicted octanol–water partition coefficient (Wildman–Crippen LogP) is 0.956. The molecule has 0 amide bonds. The molecule has 1 atom stereocenters. The second-order valence-electron chi connectivity index (χ2n) is 4.07. The minimum Gasteiger partial charge on any atom is -0.493 e. The minimum absolute atomic E-state index is 0.224. The van der Waals surface area contributed by atoms with Gasteiger partial charge in [-0.2, -0.15) is 0 Å². The fourth-order valence-electron chi connectivity index (χ4n) is 1.50. The molecule has 0 aliphatic heterocycles. The third kappa shape index (κ3) is 3.12. The van der Waals surface area contributed by atoms with Crippen molar-refractivity contribution >= 4 is 0 Å². The molecule has 0 saturated carbocycles. The molecule has 0 unspecified atom stereocenters. The Kier molecular flexibility index (Phi) is 4.15. The van der Waals surface area contributed by atoms with Crippen LogP contribution in [0.5, 0.6) is 11.5 Å². The van der Waals surface area contributed by atoms with Crippen molar-refractivity contribution in [2.75, 3.05) is 20.8 Å². The first kappa shape index (κ1) is 12.8. The van der Waals surface area contributed by atoms with Crippen LogP contribution >= 0.6 is 0 Å². The van der Waals surface area contributed by atoms with Gasteiger partial charge >= 0.3 is 0 Å². The number of methoxy groups -OCH3 is 2. The molecule has 90 valence electrons. The maximum Gasteiger partial charge on any atom is 0.160 e. The fourth-order valence-corrected chi connectivity index (χ4v) is 1.50. The number of hydrogen-bond donors (Lipinski definition) is 2. The second kappa shape index (κ2) is 5.18. The first-order valence-corrected chi connectivity index (χ1v) is 5.16. The maximum atomic E-state index is 9.87. The number of nitrogens with two attached hydrogens (primary N) is 1. The third-order valence-electron chi connectivity index (χ3n) is 2.47. The summed E-state index contributed by atoms with van der Waals surface area (Å²) in [6.45, 7) is 1.94. The zero-order valence-corrected chi connectivity index (χ0v) is 9.99. The molecule has 0 heterocycles. The van der Waals surface area contributed by atoms with Crippen LogP contribution in [0.3, 0.4) is 0 Å². The smallest absolute Gasteiger partial charge is 0.160 e. The Labute approximate surface area is 96.0 Å². The summed E-state index contributed by atoms with van der Waals surface area (Å²) < 4.78 is 10.3. The number of aliphatic hydroxyl groups is 1. The third-order valence-corrected chi connectivity index (χ3v) is 2.47. The van der Waals surface area contributed by atoms with Gasteiger partial charge in [-0.05, 0) is 24.6 Å². The van der Waals surface area contributed by atoms with Crippen LogP contribution in [-0.4, -0.2) is 31.5 Å². The number of rotatable bonds is 5. The monoisotopic (exact) mass is 225 g/mol. The van der Waals surface area contributed by atoms with E-state index in [1.807, 2.05) is 18.2 Å². The largest absolute Gasteiger partial charge is 0.493 e. The Bertz CT molecular complexity index is 350. The van der Waals surface area contributed by atoms with Gasteiger partial charge < -0.3 is 20.3 Å². The SMILES string of the molecule is COc1ccc(C[C@@](C)(O)CN)cc1OC. The molecule has 0 radical (unpaired) electrons. The van der Waals surface area contributed by atoms with E-state index < -0.39 is 5.60 Å². The molecule has 1 aromatic carbocycles. The van der Waals surface area contributed by atoms with Crippen molar-refractivity contribution in [3.8, 4) is 11.5 Å². The summed E-state index contributed by atoms with van der Waals surface area (Å²) in [4.78, 5) is 0. The van der Waals surface area contributed by atoms with Crippen molar-refractivity contribution in [1.29, 1.82) is 0 Å². The molecule has 3 N–H and O–H groups in total. The molecular weight excluding hydrogens is 206 g/mol. The lowest BCUT2D eigenvalue weighted by molar-refractivity contribution is 0.0696. The van der Waals surface area contributed by atoms with Crippen molar-refractivity contribution in [2.45, 2.75) is 18.9 Å². The summed E-state index contributed by atoms with van der Waals surface area (Å²) in [5.74, 6) is 1.34. The van der Waals surface area contributed by atoms with E-state index >= 15 is 0 Å². The molecule has 0 fully saturated rings. The van der Waals surface area contributed by atoms with E-state index in [1.54, 1.807) is 21.1 Å². The van der Waals surface area contributed by atoms with Crippen LogP contribution in [0, 0.1) is 0 Å². The van der Waals surface area contributed by atoms with E-state index in [2.05, 4.69) is 0 Å². The standard InChI is InChI=1S/C12H19NO3/c1-12(14,8-13)7-9-4-5-10(15-2)11(6-9)16-3/h4-6,14H,7-8,13H2,1-3H3/t12-/m1/s1. The Balaban J connectivity index is 2.91. The molecule has 0 bridgehead atoms. The normalized spacial score (nSPS) is 14.3. The van der Waals surface area contributed by atoms with E-state index in [0.29, 0.717) is 17.9 Å². The predicted molar refractivity (Wildman–Crippen MR) is 62.9 cm³/mol. The van der Waals surface area contributed by atoms with Crippen LogP contribution in [0.1, 0.15) is 12.5 Å².